The molecule has 134 valence electrons. The maximum atomic E-state index is 12.3. The van der Waals surface area contributed by atoms with Crippen molar-refractivity contribution in [1.82, 2.24) is 15.2 Å². The minimum atomic E-state index is -0.372. The fraction of sp³-hybridized carbons (Fsp3) is 0.167. The number of benzene rings is 1. The normalized spacial score (nSPS) is 10.5. The molecule has 1 aromatic carbocycles. The Morgan fingerprint density at radius 1 is 1.12 bits per heavy atom. The lowest BCUT2D eigenvalue weighted by molar-refractivity contribution is -0.115. The molecule has 0 aliphatic rings. The molecular formula is C18H18N4O3S. The Hall–Kier alpha value is -3.13. The van der Waals surface area contributed by atoms with Gasteiger partial charge in [-0.1, -0.05) is 6.07 Å². The number of carbonyl (C=O) groups is 3. The molecule has 0 atom stereocenters. The summed E-state index contributed by atoms with van der Waals surface area (Å²) < 4.78 is 2.82. The van der Waals surface area contributed by atoms with Crippen LogP contribution in [0.1, 0.15) is 20.8 Å². The van der Waals surface area contributed by atoms with Crippen LogP contribution in [0.5, 0.6) is 0 Å². The van der Waals surface area contributed by atoms with Gasteiger partial charge in [-0.25, -0.2) is 0 Å². The number of thiophene rings is 1. The Morgan fingerprint density at radius 3 is 2.65 bits per heavy atom. The molecule has 8 heteroatoms. The third kappa shape index (κ3) is 3.60. The summed E-state index contributed by atoms with van der Waals surface area (Å²) >= 11 is 1.56. The van der Waals surface area contributed by atoms with Gasteiger partial charge in [0.05, 0.1) is 16.8 Å². The van der Waals surface area contributed by atoms with Gasteiger partial charge in [0.1, 0.15) is 5.69 Å². The molecule has 0 aliphatic carbocycles. The molecule has 0 saturated heterocycles. The Balaban J connectivity index is 1.60. The van der Waals surface area contributed by atoms with E-state index in [0.717, 1.165) is 10.2 Å². The number of aryl methyl sites for hydroxylation is 1. The standard InChI is InChI=1S/C18H18N4O3S/c1-19-17(24)11-4-3-5-12(8-11)21-16(23)10-20-18(25)14-9-15-13(22(14)2)6-7-26-15/h3-9H,10H2,1-2H3,(H,19,24)(H,20,25)(H,21,23). The van der Waals surface area contributed by atoms with Crippen LogP contribution in [0, 0.1) is 0 Å². The smallest absolute Gasteiger partial charge is 0.268 e. The molecule has 2 heterocycles. The number of aromatic nitrogens is 1. The van der Waals surface area contributed by atoms with Crippen LogP contribution in [0.15, 0.2) is 41.8 Å². The number of carbonyl (C=O) groups excluding carboxylic acids is 3. The van der Waals surface area contributed by atoms with Crippen molar-refractivity contribution in [3.05, 3.63) is 53.0 Å². The van der Waals surface area contributed by atoms with Crippen molar-refractivity contribution < 1.29 is 14.4 Å². The highest BCUT2D eigenvalue weighted by atomic mass is 32.1. The van der Waals surface area contributed by atoms with Crippen LogP contribution in [0.4, 0.5) is 5.69 Å². The monoisotopic (exact) mass is 370 g/mol. The highest BCUT2D eigenvalue weighted by molar-refractivity contribution is 7.17. The van der Waals surface area contributed by atoms with Crippen molar-refractivity contribution in [2.75, 3.05) is 18.9 Å². The average Bonchev–Trinajstić information content (AvgIpc) is 3.22. The van der Waals surface area contributed by atoms with Gasteiger partial charge in [0.2, 0.25) is 5.91 Å². The van der Waals surface area contributed by atoms with Crippen molar-refractivity contribution >= 4 is 45.0 Å². The van der Waals surface area contributed by atoms with E-state index in [9.17, 15) is 14.4 Å². The first kappa shape index (κ1) is 17.7. The van der Waals surface area contributed by atoms with Crippen molar-refractivity contribution in [3.8, 4) is 0 Å². The van der Waals surface area contributed by atoms with E-state index in [-0.39, 0.29) is 24.3 Å². The first-order chi connectivity index (χ1) is 12.5. The van der Waals surface area contributed by atoms with Crippen molar-refractivity contribution in [3.63, 3.8) is 0 Å². The van der Waals surface area contributed by atoms with Crippen LogP contribution in [0.3, 0.4) is 0 Å². The van der Waals surface area contributed by atoms with Gasteiger partial charge in [-0.15, -0.1) is 11.3 Å². The molecule has 0 fully saturated rings. The second-order valence-electron chi connectivity index (χ2n) is 5.65. The maximum absolute atomic E-state index is 12.3. The molecule has 0 unspecified atom stereocenters. The Morgan fingerprint density at radius 2 is 1.92 bits per heavy atom. The predicted molar refractivity (Wildman–Crippen MR) is 102 cm³/mol. The highest BCUT2D eigenvalue weighted by Crippen LogP contribution is 2.23. The summed E-state index contributed by atoms with van der Waals surface area (Å²) in [6.45, 7) is -0.165. The van der Waals surface area contributed by atoms with E-state index < -0.39 is 0 Å². The van der Waals surface area contributed by atoms with Crippen LogP contribution in [0.2, 0.25) is 0 Å². The van der Waals surface area contributed by atoms with E-state index in [1.807, 2.05) is 18.5 Å². The summed E-state index contributed by atoms with van der Waals surface area (Å²) in [4.78, 5) is 36.0. The fourth-order valence-electron chi connectivity index (χ4n) is 2.61. The lowest BCUT2D eigenvalue weighted by Gasteiger charge is -2.09. The number of hydrogen-bond acceptors (Lipinski definition) is 4. The quantitative estimate of drug-likeness (QED) is 0.641. The highest BCUT2D eigenvalue weighted by Gasteiger charge is 2.15. The molecule has 0 saturated carbocycles. The summed E-state index contributed by atoms with van der Waals surface area (Å²) in [6.07, 6.45) is 0. The van der Waals surface area contributed by atoms with Gasteiger partial charge in [-0.05, 0) is 35.7 Å². The molecular weight excluding hydrogens is 352 g/mol. The molecule has 0 bridgehead atoms. The first-order valence-electron chi connectivity index (χ1n) is 7.92. The molecule has 2 aromatic heterocycles. The van der Waals surface area contributed by atoms with Crippen LogP contribution in [0.25, 0.3) is 10.2 Å². The number of anilines is 1. The van der Waals surface area contributed by atoms with Crippen molar-refractivity contribution in [1.29, 1.82) is 0 Å². The van der Waals surface area contributed by atoms with Gasteiger partial charge in [0.15, 0.2) is 0 Å². The third-order valence-corrected chi connectivity index (χ3v) is 4.79. The summed E-state index contributed by atoms with van der Waals surface area (Å²) in [5, 5.41) is 9.77. The lowest BCUT2D eigenvalue weighted by atomic mass is 10.2. The summed E-state index contributed by atoms with van der Waals surface area (Å²) in [7, 11) is 3.35. The lowest BCUT2D eigenvalue weighted by Crippen LogP contribution is -2.33. The maximum Gasteiger partial charge on any atom is 0.268 e. The zero-order valence-electron chi connectivity index (χ0n) is 14.3. The molecule has 7 nitrogen and oxygen atoms in total. The summed E-state index contributed by atoms with van der Waals surface area (Å²) in [5.74, 6) is -0.924. The van der Waals surface area contributed by atoms with Crippen LogP contribution in [-0.2, 0) is 11.8 Å². The molecule has 3 N–H and O–H groups in total. The molecule has 0 aliphatic heterocycles. The van der Waals surface area contributed by atoms with Crippen LogP contribution < -0.4 is 16.0 Å². The van der Waals surface area contributed by atoms with E-state index in [1.165, 1.54) is 7.05 Å². The van der Waals surface area contributed by atoms with Gasteiger partial charge in [-0.2, -0.15) is 0 Å². The van der Waals surface area contributed by atoms with E-state index in [0.29, 0.717) is 16.9 Å². The number of hydrogen-bond donors (Lipinski definition) is 3. The number of nitrogens with one attached hydrogen (secondary N) is 3. The van der Waals surface area contributed by atoms with E-state index in [1.54, 1.807) is 46.2 Å². The second-order valence-corrected chi connectivity index (χ2v) is 6.60. The predicted octanol–water partition coefficient (Wildman–Crippen LogP) is 1.97. The molecule has 3 rings (SSSR count). The summed E-state index contributed by atoms with van der Waals surface area (Å²) in [6, 6.07) is 10.3. The largest absolute Gasteiger partial charge is 0.355 e. The van der Waals surface area contributed by atoms with E-state index >= 15 is 0 Å². The second kappa shape index (κ2) is 7.40. The topological polar surface area (TPSA) is 92.2 Å². The molecule has 3 aromatic rings. The average molecular weight is 370 g/mol. The van der Waals surface area contributed by atoms with Crippen molar-refractivity contribution in [2.45, 2.75) is 0 Å². The van der Waals surface area contributed by atoms with E-state index in [2.05, 4.69) is 16.0 Å². The number of rotatable bonds is 5. The molecule has 3 amide bonds. The Kier molecular flexibility index (Phi) is 5.04. The minimum Gasteiger partial charge on any atom is -0.355 e. The van der Waals surface area contributed by atoms with Crippen LogP contribution >= 0.6 is 11.3 Å². The van der Waals surface area contributed by atoms with Gasteiger partial charge in [0, 0.05) is 25.3 Å². The summed E-state index contributed by atoms with van der Waals surface area (Å²) in [5.41, 5.74) is 2.42. The molecule has 0 radical (unpaired) electrons. The zero-order valence-corrected chi connectivity index (χ0v) is 15.1. The number of fused-ring (bicyclic) bond motifs is 1. The van der Waals surface area contributed by atoms with Gasteiger partial charge in [-0.3, -0.25) is 14.4 Å². The Labute approximate surface area is 154 Å². The van der Waals surface area contributed by atoms with Crippen LogP contribution in [-0.4, -0.2) is 35.9 Å². The van der Waals surface area contributed by atoms with Gasteiger partial charge >= 0.3 is 0 Å². The zero-order chi connectivity index (χ0) is 18.7. The molecule has 26 heavy (non-hydrogen) atoms. The fourth-order valence-corrected chi connectivity index (χ4v) is 3.46. The number of amides is 3. The molecule has 0 spiro atoms. The van der Waals surface area contributed by atoms with Gasteiger partial charge in [0.25, 0.3) is 11.8 Å². The minimum absolute atomic E-state index is 0.165. The van der Waals surface area contributed by atoms with Gasteiger partial charge < -0.3 is 20.5 Å². The van der Waals surface area contributed by atoms with Crippen molar-refractivity contribution in [2.24, 2.45) is 7.05 Å². The SMILES string of the molecule is CNC(=O)c1cccc(NC(=O)CNC(=O)c2cc3sccc3n2C)c1. The Bertz CT molecular complexity index is 989. The first-order valence-corrected chi connectivity index (χ1v) is 8.80. The van der Waals surface area contributed by atoms with E-state index in [4.69, 9.17) is 0 Å². The number of nitrogens with zero attached hydrogens (tertiary/aromatic N) is 1. The third-order valence-electron chi connectivity index (χ3n) is 3.94.